The number of aromatic nitrogens is 7. The fraction of sp³-hybridized carbons (Fsp3) is 0.233. The first kappa shape index (κ1) is 26.1. The molecule has 0 spiro atoms. The summed E-state index contributed by atoms with van der Waals surface area (Å²) in [6.07, 6.45) is 11.3. The number of ketones is 1. The van der Waals surface area contributed by atoms with E-state index in [1.807, 2.05) is 6.07 Å². The highest BCUT2D eigenvalue weighted by molar-refractivity contribution is 7.17. The van der Waals surface area contributed by atoms with Crippen molar-refractivity contribution in [3.63, 3.8) is 0 Å². The molecule has 0 unspecified atom stereocenters. The molecule has 7 rings (SSSR count). The molecule has 0 bridgehead atoms. The normalized spacial score (nSPS) is 14.0. The predicted molar refractivity (Wildman–Crippen MR) is 158 cm³/mol. The lowest BCUT2D eigenvalue weighted by Gasteiger charge is -2.20. The van der Waals surface area contributed by atoms with E-state index in [0.29, 0.717) is 49.9 Å². The monoisotopic (exact) mass is 580 g/mol. The lowest BCUT2D eigenvalue weighted by Crippen LogP contribution is -2.24. The zero-order valence-electron chi connectivity index (χ0n) is 22.6. The number of aromatic amines is 2. The van der Waals surface area contributed by atoms with Crippen LogP contribution < -0.4 is 5.32 Å². The van der Waals surface area contributed by atoms with Crippen molar-refractivity contribution in [2.75, 3.05) is 5.32 Å². The van der Waals surface area contributed by atoms with Crippen LogP contribution in [0.3, 0.4) is 0 Å². The number of H-pyrrole nitrogens is 2. The molecular formula is C30H25FN8O2S. The molecule has 0 saturated heterocycles. The van der Waals surface area contributed by atoms with Gasteiger partial charge < -0.3 is 10.3 Å². The van der Waals surface area contributed by atoms with Crippen LogP contribution in [0.25, 0.3) is 55.3 Å². The number of thiophene rings is 1. The van der Waals surface area contributed by atoms with Crippen molar-refractivity contribution >= 4 is 50.7 Å². The Morgan fingerprint density at radius 2 is 1.86 bits per heavy atom. The third-order valence-electron chi connectivity index (χ3n) is 7.61. The van der Waals surface area contributed by atoms with Gasteiger partial charge in [-0.25, -0.2) is 9.37 Å². The van der Waals surface area contributed by atoms with E-state index in [4.69, 9.17) is 4.98 Å². The second kappa shape index (κ2) is 10.5. The van der Waals surface area contributed by atoms with Crippen LogP contribution in [-0.4, -0.2) is 46.8 Å². The number of anilines is 1. The molecule has 6 aromatic heterocycles. The van der Waals surface area contributed by atoms with Gasteiger partial charge in [-0.15, -0.1) is 11.3 Å². The van der Waals surface area contributed by atoms with Crippen LogP contribution in [0.5, 0.6) is 0 Å². The van der Waals surface area contributed by atoms with Crippen LogP contribution in [0, 0.1) is 11.7 Å². The Bertz CT molecular complexity index is 1990. The molecule has 6 heterocycles. The Hall–Kier alpha value is -4.84. The van der Waals surface area contributed by atoms with Crippen LogP contribution in [0.4, 0.5) is 10.1 Å². The highest BCUT2D eigenvalue weighted by Gasteiger charge is 2.24. The molecule has 12 heteroatoms. The van der Waals surface area contributed by atoms with Crippen molar-refractivity contribution < 1.29 is 14.0 Å². The van der Waals surface area contributed by atoms with E-state index in [0.717, 1.165) is 37.0 Å². The van der Waals surface area contributed by atoms with Crippen molar-refractivity contribution in [1.29, 1.82) is 0 Å². The van der Waals surface area contributed by atoms with E-state index < -0.39 is 5.82 Å². The van der Waals surface area contributed by atoms with Gasteiger partial charge in [-0.05, 0) is 44.0 Å². The third-order valence-corrected chi connectivity index (χ3v) is 8.80. The fourth-order valence-corrected chi connectivity index (χ4v) is 6.38. The average Bonchev–Trinajstić information content (AvgIpc) is 3.76. The van der Waals surface area contributed by atoms with Gasteiger partial charge in [0.05, 0.1) is 44.3 Å². The summed E-state index contributed by atoms with van der Waals surface area (Å²) in [6, 6.07) is 7.08. The van der Waals surface area contributed by atoms with E-state index >= 15 is 4.39 Å². The largest absolute Gasteiger partial charge is 0.336 e. The fourth-order valence-electron chi connectivity index (χ4n) is 5.48. The lowest BCUT2D eigenvalue weighted by atomic mass is 9.88. The number of carbonyl (C=O) groups is 2. The van der Waals surface area contributed by atoms with Crippen molar-refractivity contribution in [3.05, 3.63) is 59.7 Å². The van der Waals surface area contributed by atoms with Gasteiger partial charge in [0.25, 0.3) is 0 Å². The SMILES string of the molecule is CC(=O)c1ccc(-c2nccc3[nH]c(-c4n[nH]c5cnc(-c6cncc(NC(=O)C7CCCCC7)c6)c(F)c45)nc23)s1. The second-order valence-corrected chi connectivity index (χ2v) is 11.5. The highest BCUT2D eigenvalue weighted by atomic mass is 32.1. The number of imidazole rings is 1. The molecule has 1 aliphatic carbocycles. The Labute approximate surface area is 242 Å². The lowest BCUT2D eigenvalue weighted by molar-refractivity contribution is -0.120. The van der Waals surface area contributed by atoms with Crippen LogP contribution in [0.1, 0.15) is 48.7 Å². The van der Waals surface area contributed by atoms with E-state index in [2.05, 4.69) is 35.5 Å². The van der Waals surface area contributed by atoms with Crippen LogP contribution in [0.15, 0.2) is 49.1 Å². The van der Waals surface area contributed by atoms with E-state index in [-0.39, 0.29) is 28.7 Å². The molecule has 42 heavy (non-hydrogen) atoms. The Balaban J connectivity index is 1.25. The maximum atomic E-state index is 16.2. The summed E-state index contributed by atoms with van der Waals surface area (Å²) in [4.78, 5) is 47.1. The number of halogens is 1. The molecule has 1 saturated carbocycles. The summed E-state index contributed by atoms with van der Waals surface area (Å²) in [5, 5.41) is 10.4. The molecule has 10 nitrogen and oxygen atoms in total. The van der Waals surface area contributed by atoms with E-state index in [1.54, 1.807) is 30.6 Å². The molecular weight excluding hydrogens is 555 g/mol. The number of pyridine rings is 3. The summed E-state index contributed by atoms with van der Waals surface area (Å²) in [7, 11) is 0. The summed E-state index contributed by atoms with van der Waals surface area (Å²) >= 11 is 1.34. The number of nitrogens with one attached hydrogen (secondary N) is 3. The third kappa shape index (κ3) is 4.63. The second-order valence-electron chi connectivity index (χ2n) is 10.4. The van der Waals surface area contributed by atoms with E-state index in [1.165, 1.54) is 30.7 Å². The van der Waals surface area contributed by atoms with Gasteiger partial charge in [-0.2, -0.15) is 5.10 Å². The minimum absolute atomic E-state index is 0.0161. The smallest absolute Gasteiger partial charge is 0.227 e. The maximum absolute atomic E-state index is 16.2. The standard InChI is InChI=1S/C30H25FN8O2S/c1-15(40)21-7-8-22(42-21)27-26-19(9-10-33-27)36-29(37-26)28-23-20(38-39-28)14-34-25(24(23)31)17-11-18(13-32-12-17)35-30(41)16-5-3-2-4-6-16/h7-14,16H,2-6H2,1H3,(H,35,41)(H,36,37)(H,38,39). The van der Waals surface area contributed by atoms with Gasteiger partial charge in [0.2, 0.25) is 5.91 Å². The molecule has 0 aliphatic heterocycles. The van der Waals surface area contributed by atoms with Crippen LogP contribution >= 0.6 is 11.3 Å². The summed E-state index contributed by atoms with van der Waals surface area (Å²) in [6.45, 7) is 1.52. The van der Waals surface area contributed by atoms with Crippen molar-refractivity contribution in [2.24, 2.45) is 5.92 Å². The Kier molecular flexibility index (Phi) is 6.54. The number of hydrogen-bond acceptors (Lipinski definition) is 8. The number of nitrogens with zero attached hydrogens (tertiary/aromatic N) is 5. The van der Waals surface area contributed by atoms with Gasteiger partial charge in [-0.1, -0.05) is 19.3 Å². The predicted octanol–water partition coefficient (Wildman–Crippen LogP) is 6.55. The molecule has 210 valence electrons. The van der Waals surface area contributed by atoms with Gasteiger partial charge in [-0.3, -0.25) is 29.6 Å². The number of amides is 1. The van der Waals surface area contributed by atoms with Crippen molar-refractivity contribution in [2.45, 2.75) is 39.0 Å². The van der Waals surface area contributed by atoms with Gasteiger partial charge in [0.1, 0.15) is 22.6 Å². The Morgan fingerprint density at radius 3 is 2.67 bits per heavy atom. The first-order chi connectivity index (χ1) is 20.5. The molecule has 3 N–H and O–H groups in total. The molecule has 1 fully saturated rings. The van der Waals surface area contributed by atoms with Crippen molar-refractivity contribution in [3.8, 4) is 33.3 Å². The quantitative estimate of drug-likeness (QED) is 0.190. The van der Waals surface area contributed by atoms with Crippen LogP contribution in [-0.2, 0) is 4.79 Å². The molecule has 1 amide bonds. The number of carbonyl (C=O) groups excluding carboxylic acids is 2. The molecule has 0 atom stereocenters. The van der Waals surface area contributed by atoms with Gasteiger partial charge in [0, 0.05) is 23.9 Å². The molecule has 0 aromatic carbocycles. The molecule has 0 radical (unpaired) electrons. The maximum Gasteiger partial charge on any atom is 0.227 e. The average molecular weight is 581 g/mol. The summed E-state index contributed by atoms with van der Waals surface area (Å²) in [5.74, 6) is -0.295. The Morgan fingerprint density at radius 1 is 1.00 bits per heavy atom. The summed E-state index contributed by atoms with van der Waals surface area (Å²) < 4.78 is 16.2. The zero-order chi connectivity index (χ0) is 28.8. The number of hydrogen-bond donors (Lipinski definition) is 3. The van der Waals surface area contributed by atoms with Gasteiger partial charge in [0.15, 0.2) is 17.4 Å². The first-order valence-electron chi connectivity index (χ1n) is 13.7. The minimum Gasteiger partial charge on any atom is -0.336 e. The topological polar surface area (TPSA) is 142 Å². The zero-order valence-corrected chi connectivity index (χ0v) is 23.4. The van der Waals surface area contributed by atoms with Crippen LogP contribution in [0.2, 0.25) is 0 Å². The molecule has 1 aliphatic rings. The number of Topliss-reactive ketones (excluding diaryl/α,β-unsaturated/α-hetero) is 1. The minimum atomic E-state index is -0.586. The van der Waals surface area contributed by atoms with E-state index in [9.17, 15) is 9.59 Å². The first-order valence-corrected chi connectivity index (χ1v) is 14.5. The number of fused-ring (bicyclic) bond motifs is 2. The van der Waals surface area contributed by atoms with Gasteiger partial charge >= 0.3 is 0 Å². The molecule has 6 aromatic rings. The number of rotatable bonds is 6. The van der Waals surface area contributed by atoms with Crippen molar-refractivity contribution in [1.82, 2.24) is 35.1 Å². The summed E-state index contributed by atoms with van der Waals surface area (Å²) in [5.41, 5.74) is 3.61. The highest BCUT2D eigenvalue weighted by Crippen LogP contribution is 2.36.